The van der Waals surface area contributed by atoms with Crippen molar-refractivity contribution in [2.24, 2.45) is 0 Å². The Hall–Kier alpha value is -2.63. The zero-order chi connectivity index (χ0) is 14.5. The van der Waals surface area contributed by atoms with E-state index in [1.807, 2.05) is 18.2 Å². The van der Waals surface area contributed by atoms with E-state index in [2.05, 4.69) is 25.9 Å². The van der Waals surface area contributed by atoms with Crippen molar-refractivity contribution < 1.29 is 4.79 Å². The first-order chi connectivity index (χ1) is 10.3. The fourth-order valence-corrected chi connectivity index (χ4v) is 2.16. The van der Waals surface area contributed by atoms with Crippen LogP contribution in [0.3, 0.4) is 0 Å². The molecule has 0 saturated carbocycles. The first kappa shape index (κ1) is 13.4. The molecule has 6 nitrogen and oxygen atoms in total. The van der Waals surface area contributed by atoms with Gasteiger partial charge < -0.3 is 16.0 Å². The summed E-state index contributed by atoms with van der Waals surface area (Å²) in [6.45, 7) is 1.49. The van der Waals surface area contributed by atoms with E-state index in [9.17, 15) is 4.79 Å². The third-order valence-corrected chi connectivity index (χ3v) is 3.23. The van der Waals surface area contributed by atoms with Gasteiger partial charge in [-0.05, 0) is 37.1 Å². The zero-order valence-electron chi connectivity index (χ0n) is 11.6. The lowest BCUT2D eigenvalue weighted by Gasteiger charge is -2.11. The van der Waals surface area contributed by atoms with Crippen LogP contribution in [0.1, 0.15) is 23.2 Å². The molecule has 1 aromatic heterocycles. The second kappa shape index (κ2) is 6.21. The first-order valence-electron chi connectivity index (χ1n) is 7.03. The minimum absolute atomic E-state index is 0.0571. The molecule has 0 saturated heterocycles. The van der Waals surface area contributed by atoms with Crippen LogP contribution in [-0.2, 0) is 0 Å². The molecule has 0 unspecified atom stereocenters. The summed E-state index contributed by atoms with van der Waals surface area (Å²) in [6.07, 6.45) is 3.60. The van der Waals surface area contributed by atoms with Crippen LogP contribution in [0.5, 0.6) is 0 Å². The van der Waals surface area contributed by atoms with Gasteiger partial charge in [0.15, 0.2) is 0 Å². The summed E-state index contributed by atoms with van der Waals surface area (Å²) in [5, 5.41) is 9.30. The van der Waals surface area contributed by atoms with Crippen LogP contribution in [0.25, 0.3) is 0 Å². The number of carbonyl (C=O) groups is 1. The maximum atomic E-state index is 12.0. The van der Waals surface area contributed by atoms with Gasteiger partial charge in [0.25, 0.3) is 5.91 Å². The van der Waals surface area contributed by atoms with Gasteiger partial charge in [0.2, 0.25) is 5.95 Å². The van der Waals surface area contributed by atoms with Gasteiger partial charge in [-0.15, -0.1) is 0 Å². The van der Waals surface area contributed by atoms with Crippen LogP contribution >= 0.6 is 0 Å². The van der Waals surface area contributed by atoms with Gasteiger partial charge in [0.1, 0.15) is 5.82 Å². The predicted octanol–water partition coefficient (Wildman–Crippen LogP) is 2.16. The number of nitrogens with one attached hydrogen (secondary N) is 3. The highest BCUT2D eigenvalue weighted by atomic mass is 16.1. The van der Waals surface area contributed by atoms with Crippen molar-refractivity contribution in [3.05, 3.63) is 42.1 Å². The number of hydrogen-bond acceptors (Lipinski definition) is 5. The summed E-state index contributed by atoms with van der Waals surface area (Å²) in [7, 11) is 0. The molecule has 2 aromatic rings. The molecule has 0 spiro atoms. The lowest BCUT2D eigenvalue weighted by atomic mass is 10.2. The first-order valence-corrected chi connectivity index (χ1v) is 7.03. The van der Waals surface area contributed by atoms with E-state index < -0.39 is 0 Å². The van der Waals surface area contributed by atoms with Crippen molar-refractivity contribution in [3.63, 3.8) is 0 Å². The number of benzene rings is 1. The molecule has 3 rings (SSSR count). The number of aromatic nitrogens is 2. The number of rotatable bonds is 0. The summed E-state index contributed by atoms with van der Waals surface area (Å²) in [4.78, 5) is 20.6. The summed E-state index contributed by atoms with van der Waals surface area (Å²) in [5.41, 5.74) is 1.42. The van der Waals surface area contributed by atoms with Crippen molar-refractivity contribution in [2.75, 3.05) is 23.7 Å². The summed E-state index contributed by atoms with van der Waals surface area (Å²) in [6, 6.07) is 9.16. The molecular weight excluding hydrogens is 266 g/mol. The maximum Gasteiger partial charge on any atom is 0.251 e. The Balaban J connectivity index is 1.90. The molecule has 3 N–H and O–H groups in total. The SMILES string of the molecule is O=C1NCCCCNc2ccnc(n2)Nc2cccc1c2. The van der Waals surface area contributed by atoms with E-state index in [-0.39, 0.29) is 5.91 Å². The van der Waals surface area contributed by atoms with E-state index in [1.165, 1.54) is 0 Å². The maximum absolute atomic E-state index is 12.0. The van der Waals surface area contributed by atoms with Gasteiger partial charge in [0, 0.05) is 30.5 Å². The van der Waals surface area contributed by atoms with E-state index in [0.29, 0.717) is 18.1 Å². The second-order valence-electron chi connectivity index (χ2n) is 4.86. The molecule has 1 aromatic carbocycles. The Kier molecular flexibility index (Phi) is 3.95. The Bertz CT molecular complexity index is 643. The van der Waals surface area contributed by atoms with Gasteiger partial charge in [-0.2, -0.15) is 4.98 Å². The van der Waals surface area contributed by atoms with Gasteiger partial charge in [-0.3, -0.25) is 4.79 Å². The summed E-state index contributed by atoms with van der Waals surface area (Å²) >= 11 is 0. The highest BCUT2D eigenvalue weighted by Gasteiger charge is 2.07. The Labute approximate surface area is 123 Å². The van der Waals surface area contributed by atoms with Gasteiger partial charge in [-0.25, -0.2) is 4.98 Å². The van der Waals surface area contributed by atoms with Crippen LogP contribution < -0.4 is 16.0 Å². The summed E-state index contributed by atoms with van der Waals surface area (Å²) < 4.78 is 0. The Morgan fingerprint density at radius 2 is 1.90 bits per heavy atom. The van der Waals surface area contributed by atoms with Crippen molar-refractivity contribution >= 4 is 23.4 Å². The zero-order valence-corrected chi connectivity index (χ0v) is 11.6. The largest absolute Gasteiger partial charge is 0.370 e. The molecule has 0 radical (unpaired) electrons. The number of fused-ring (bicyclic) bond motifs is 4. The second-order valence-corrected chi connectivity index (χ2v) is 4.86. The molecular formula is C15H17N5O. The van der Waals surface area contributed by atoms with Gasteiger partial charge in [-0.1, -0.05) is 6.07 Å². The Morgan fingerprint density at radius 3 is 2.81 bits per heavy atom. The van der Waals surface area contributed by atoms with Crippen molar-refractivity contribution in [2.45, 2.75) is 12.8 Å². The van der Waals surface area contributed by atoms with Crippen LogP contribution in [0.15, 0.2) is 36.5 Å². The molecule has 108 valence electrons. The number of anilines is 3. The molecule has 0 fully saturated rings. The van der Waals surface area contributed by atoms with E-state index in [0.717, 1.165) is 30.9 Å². The van der Waals surface area contributed by atoms with Crippen LogP contribution in [0, 0.1) is 0 Å². The van der Waals surface area contributed by atoms with Crippen molar-refractivity contribution in [3.8, 4) is 0 Å². The molecule has 0 atom stereocenters. The normalized spacial score (nSPS) is 15.1. The average Bonchev–Trinajstić information content (AvgIpc) is 2.50. The fourth-order valence-electron chi connectivity index (χ4n) is 2.16. The highest BCUT2D eigenvalue weighted by molar-refractivity contribution is 5.95. The van der Waals surface area contributed by atoms with Crippen LogP contribution in [-0.4, -0.2) is 29.0 Å². The average molecular weight is 283 g/mol. The predicted molar refractivity (Wildman–Crippen MR) is 81.8 cm³/mol. The third-order valence-electron chi connectivity index (χ3n) is 3.23. The Morgan fingerprint density at radius 1 is 1.05 bits per heavy atom. The monoisotopic (exact) mass is 283 g/mol. The van der Waals surface area contributed by atoms with E-state index in [1.54, 1.807) is 18.3 Å². The molecule has 1 amide bonds. The lowest BCUT2D eigenvalue weighted by Crippen LogP contribution is -2.25. The topological polar surface area (TPSA) is 78.9 Å². The van der Waals surface area contributed by atoms with E-state index >= 15 is 0 Å². The number of carbonyl (C=O) groups excluding carboxylic acids is 1. The van der Waals surface area contributed by atoms with Crippen molar-refractivity contribution in [1.29, 1.82) is 0 Å². The van der Waals surface area contributed by atoms with Crippen LogP contribution in [0.2, 0.25) is 0 Å². The van der Waals surface area contributed by atoms with Crippen molar-refractivity contribution in [1.82, 2.24) is 15.3 Å². The lowest BCUT2D eigenvalue weighted by molar-refractivity contribution is 0.0953. The van der Waals surface area contributed by atoms with Gasteiger partial charge >= 0.3 is 0 Å². The van der Waals surface area contributed by atoms with Gasteiger partial charge in [0.05, 0.1) is 0 Å². The smallest absolute Gasteiger partial charge is 0.251 e. The number of amides is 1. The minimum Gasteiger partial charge on any atom is -0.370 e. The molecule has 21 heavy (non-hydrogen) atoms. The standard InChI is InChI=1S/C15H17N5O/c21-14-11-4-3-5-12(10-11)19-15-18-9-6-13(20-15)16-7-1-2-8-17-14/h3-6,9-10H,1-2,7-8H2,(H,17,21)(H2,16,18,19,20). The number of hydrogen-bond donors (Lipinski definition) is 3. The number of nitrogens with zero attached hydrogens (tertiary/aromatic N) is 2. The quantitative estimate of drug-likeness (QED) is 0.690. The molecule has 1 aliphatic rings. The van der Waals surface area contributed by atoms with E-state index in [4.69, 9.17) is 0 Å². The fraction of sp³-hybridized carbons (Fsp3) is 0.267. The summed E-state index contributed by atoms with van der Waals surface area (Å²) in [5.74, 6) is 1.25. The molecule has 4 bridgehead atoms. The molecule has 1 aliphatic heterocycles. The molecule has 6 heteroatoms. The highest BCUT2D eigenvalue weighted by Crippen LogP contribution is 2.16. The molecule has 2 heterocycles. The minimum atomic E-state index is -0.0571. The molecule has 0 aliphatic carbocycles. The van der Waals surface area contributed by atoms with Crippen LogP contribution in [0.4, 0.5) is 17.5 Å². The third kappa shape index (κ3) is 3.47.